The fraction of sp³-hybridized carbons (Fsp3) is 0.889. The molecule has 0 aliphatic carbocycles. The highest BCUT2D eigenvalue weighted by Crippen LogP contribution is 1.91. The summed E-state index contributed by atoms with van der Waals surface area (Å²) in [6, 6.07) is 0. The maximum absolute atomic E-state index is 10.5. The quantitative estimate of drug-likeness (QED) is 0.646. The van der Waals surface area contributed by atoms with E-state index >= 15 is 0 Å². The van der Waals surface area contributed by atoms with E-state index in [2.05, 4.69) is 0 Å². The third kappa shape index (κ3) is 24.6. The molecular weight excluding hydrogens is 172 g/mol. The molecule has 0 aromatic carbocycles. The molecule has 0 heterocycles. The van der Waals surface area contributed by atoms with Gasteiger partial charge in [0.2, 0.25) is 0 Å². The van der Waals surface area contributed by atoms with Gasteiger partial charge in [-0.3, -0.25) is 4.79 Å². The minimum Gasteiger partial charge on any atom is -0.463 e. The Bertz CT molecular complexity index is 118. The molecule has 0 saturated carbocycles. The predicted octanol–water partition coefficient (Wildman–Crippen LogP) is 0.707. The van der Waals surface area contributed by atoms with Gasteiger partial charge in [-0.05, 0) is 27.7 Å². The second-order valence-electron chi connectivity index (χ2n) is 3.11. The summed E-state index contributed by atoms with van der Waals surface area (Å²) in [6.07, 6.45) is -0.151. The lowest BCUT2D eigenvalue weighted by Crippen LogP contribution is -2.12. The number of hydrogen-bond acceptors (Lipinski definition) is 4. The molecular formula is C9H20O4. The summed E-state index contributed by atoms with van der Waals surface area (Å²) in [4.78, 5) is 10.5. The molecule has 80 valence electrons. The van der Waals surface area contributed by atoms with E-state index in [1.807, 2.05) is 0 Å². The molecule has 4 nitrogen and oxygen atoms in total. The maximum atomic E-state index is 10.5. The van der Waals surface area contributed by atoms with E-state index in [1.165, 1.54) is 0 Å². The first-order chi connectivity index (χ1) is 5.90. The van der Waals surface area contributed by atoms with Gasteiger partial charge in [0.15, 0.2) is 0 Å². The Kier molecular flexibility index (Phi) is 10.9. The Balaban J connectivity index is 0. The Hall–Kier alpha value is -0.610. The van der Waals surface area contributed by atoms with Crippen LogP contribution in [0.1, 0.15) is 34.1 Å². The van der Waals surface area contributed by atoms with Crippen LogP contribution in [0.25, 0.3) is 0 Å². The molecule has 4 heteroatoms. The van der Waals surface area contributed by atoms with Crippen LogP contribution < -0.4 is 0 Å². The van der Waals surface area contributed by atoms with Gasteiger partial charge in [-0.15, -0.1) is 0 Å². The van der Waals surface area contributed by atoms with Crippen LogP contribution in [-0.2, 0) is 9.53 Å². The monoisotopic (exact) mass is 192 g/mol. The molecule has 0 aromatic heterocycles. The third-order valence-corrected chi connectivity index (χ3v) is 0.683. The average molecular weight is 192 g/mol. The van der Waals surface area contributed by atoms with Crippen LogP contribution in [0.15, 0.2) is 0 Å². The number of esters is 1. The Morgan fingerprint density at radius 1 is 1.31 bits per heavy atom. The first kappa shape index (κ1) is 14.9. The van der Waals surface area contributed by atoms with Gasteiger partial charge in [-0.2, -0.15) is 0 Å². The van der Waals surface area contributed by atoms with Gasteiger partial charge >= 0.3 is 5.97 Å². The molecule has 0 unspecified atom stereocenters. The van der Waals surface area contributed by atoms with Gasteiger partial charge in [-0.25, -0.2) is 0 Å². The molecule has 0 amide bonds. The summed E-state index contributed by atoms with van der Waals surface area (Å²) in [6.45, 7) is 6.86. The summed E-state index contributed by atoms with van der Waals surface area (Å²) in [7, 11) is 0. The van der Waals surface area contributed by atoms with Gasteiger partial charge in [0.1, 0.15) is 0 Å². The first-order valence-corrected chi connectivity index (χ1v) is 4.38. The summed E-state index contributed by atoms with van der Waals surface area (Å²) in [5, 5.41) is 16.3. The lowest BCUT2D eigenvalue weighted by Gasteiger charge is -2.05. The van der Waals surface area contributed by atoms with E-state index < -0.39 is 0 Å². The SMILES string of the molecule is CC(C)O.CC(C)OC(=O)CCO. The fourth-order valence-corrected chi connectivity index (χ4v) is 0.413. The van der Waals surface area contributed by atoms with Crippen molar-refractivity contribution < 1.29 is 19.7 Å². The van der Waals surface area contributed by atoms with Crippen molar-refractivity contribution in [2.45, 2.75) is 46.3 Å². The number of ether oxygens (including phenoxy) is 1. The number of rotatable bonds is 3. The van der Waals surface area contributed by atoms with Crippen LogP contribution in [0.4, 0.5) is 0 Å². The maximum Gasteiger partial charge on any atom is 0.308 e. The standard InChI is InChI=1S/C6H12O3.C3H8O/c1-5(2)9-6(8)3-4-7;1-3(2)4/h5,7H,3-4H2,1-2H3;3-4H,1-2H3. The van der Waals surface area contributed by atoms with Crippen molar-refractivity contribution in [2.75, 3.05) is 6.61 Å². The summed E-state index contributed by atoms with van der Waals surface area (Å²) in [5.41, 5.74) is 0. The highest BCUT2D eigenvalue weighted by atomic mass is 16.5. The minimum absolute atomic E-state index is 0.0796. The van der Waals surface area contributed by atoms with Gasteiger partial charge in [-0.1, -0.05) is 0 Å². The lowest BCUT2D eigenvalue weighted by molar-refractivity contribution is -0.148. The molecule has 13 heavy (non-hydrogen) atoms. The number of carbonyl (C=O) groups excluding carboxylic acids is 1. The van der Waals surface area contributed by atoms with E-state index in [0.29, 0.717) is 0 Å². The van der Waals surface area contributed by atoms with Crippen molar-refractivity contribution >= 4 is 5.97 Å². The topological polar surface area (TPSA) is 66.8 Å². The fourth-order valence-electron chi connectivity index (χ4n) is 0.413. The van der Waals surface area contributed by atoms with Crippen LogP contribution in [0, 0.1) is 0 Å². The van der Waals surface area contributed by atoms with Crippen LogP contribution in [0.2, 0.25) is 0 Å². The zero-order chi connectivity index (χ0) is 10.9. The third-order valence-electron chi connectivity index (χ3n) is 0.683. The molecule has 0 saturated heterocycles. The van der Waals surface area contributed by atoms with Gasteiger partial charge in [0, 0.05) is 6.10 Å². The number of aliphatic hydroxyl groups excluding tert-OH is 2. The van der Waals surface area contributed by atoms with Crippen LogP contribution in [0.5, 0.6) is 0 Å². The number of hydrogen-bond donors (Lipinski definition) is 2. The number of carbonyl (C=O) groups is 1. The van der Waals surface area contributed by atoms with E-state index in [-0.39, 0.29) is 31.2 Å². The Morgan fingerprint density at radius 3 is 1.92 bits per heavy atom. The molecule has 0 aromatic rings. The van der Waals surface area contributed by atoms with Crippen molar-refractivity contribution in [1.29, 1.82) is 0 Å². The second-order valence-corrected chi connectivity index (χ2v) is 3.11. The van der Waals surface area contributed by atoms with Gasteiger partial charge < -0.3 is 14.9 Å². The van der Waals surface area contributed by atoms with E-state index in [0.717, 1.165) is 0 Å². The molecule has 0 fully saturated rings. The molecule has 0 spiro atoms. The van der Waals surface area contributed by atoms with Crippen molar-refractivity contribution in [3.8, 4) is 0 Å². The molecule has 0 aliphatic rings. The predicted molar refractivity (Wildman–Crippen MR) is 50.3 cm³/mol. The highest BCUT2D eigenvalue weighted by molar-refractivity contribution is 5.69. The summed E-state index contributed by atoms with van der Waals surface area (Å²) in [5.74, 6) is -0.340. The second kappa shape index (κ2) is 9.48. The van der Waals surface area contributed by atoms with Gasteiger partial charge in [0.25, 0.3) is 0 Å². The molecule has 0 radical (unpaired) electrons. The van der Waals surface area contributed by atoms with E-state index in [4.69, 9.17) is 14.9 Å². The Morgan fingerprint density at radius 2 is 1.69 bits per heavy atom. The molecule has 0 atom stereocenters. The highest BCUT2D eigenvalue weighted by Gasteiger charge is 2.02. The molecule has 0 aliphatic heterocycles. The van der Waals surface area contributed by atoms with Crippen molar-refractivity contribution in [3.63, 3.8) is 0 Å². The minimum atomic E-state index is -0.340. The zero-order valence-electron chi connectivity index (χ0n) is 8.78. The van der Waals surface area contributed by atoms with Gasteiger partial charge in [0.05, 0.1) is 19.1 Å². The van der Waals surface area contributed by atoms with Crippen LogP contribution >= 0.6 is 0 Å². The van der Waals surface area contributed by atoms with Crippen LogP contribution in [-0.4, -0.2) is 35.0 Å². The zero-order valence-corrected chi connectivity index (χ0v) is 8.78. The van der Waals surface area contributed by atoms with E-state index in [9.17, 15) is 4.79 Å². The molecule has 0 rings (SSSR count). The summed E-state index contributed by atoms with van der Waals surface area (Å²) >= 11 is 0. The van der Waals surface area contributed by atoms with Crippen molar-refractivity contribution in [3.05, 3.63) is 0 Å². The van der Waals surface area contributed by atoms with Crippen molar-refractivity contribution in [1.82, 2.24) is 0 Å². The molecule has 0 bridgehead atoms. The van der Waals surface area contributed by atoms with E-state index in [1.54, 1.807) is 27.7 Å². The normalized spacial score (nSPS) is 9.54. The molecule has 2 N–H and O–H groups in total. The average Bonchev–Trinajstić information content (AvgIpc) is 1.83. The number of aliphatic hydroxyl groups is 2. The lowest BCUT2D eigenvalue weighted by atomic mass is 10.4. The summed E-state index contributed by atoms with van der Waals surface area (Å²) < 4.78 is 4.69. The Labute approximate surface area is 79.5 Å². The first-order valence-electron chi connectivity index (χ1n) is 4.38. The smallest absolute Gasteiger partial charge is 0.308 e. The van der Waals surface area contributed by atoms with Crippen molar-refractivity contribution in [2.24, 2.45) is 0 Å². The largest absolute Gasteiger partial charge is 0.463 e. The van der Waals surface area contributed by atoms with Crippen LogP contribution in [0.3, 0.4) is 0 Å².